The van der Waals surface area contributed by atoms with Crippen LogP contribution in [-0.2, 0) is 4.79 Å². The van der Waals surface area contributed by atoms with E-state index < -0.39 is 0 Å². The minimum Gasteiger partial charge on any atom is -0.496 e. The van der Waals surface area contributed by atoms with Crippen molar-refractivity contribution >= 4 is 34.7 Å². The van der Waals surface area contributed by atoms with Crippen molar-refractivity contribution in [3.8, 4) is 5.75 Å². The van der Waals surface area contributed by atoms with E-state index >= 15 is 0 Å². The fourth-order valence-corrected chi connectivity index (χ4v) is 3.15. The Morgan fingerprint density at radius 1 is 1.00 bits per heavy atom. The SMILES string of the molecule is COc1ccccc1/C=C/C(=O)N1CCN(C)c2nc3ccccc3nc21. The van der Waals surface area contributed by atoms with Crippen molar-refractivity contribution in [3.63, 3.8) is 0 Å². The number of hydrogen-bond acceptors (Lipinski definition) is 5. The Balaban J connectivity index is 1.69. The van der Waals surface area contributed by atoms with Gasteiger partial charge in [-0.1, -0.05) is 30.3 Å². The molecule has 2 aromatic carbocycles. The van der Waals surface area contributed by atoms with Crippen molar-refractivity contribution in [2.75, 3.05) is 37.0 Å². The highest BCUT2D eigenvalue weighted by atomic mass is 16.5. The molecule has 6 nitrogen and oxygen atoms in total. The Labute approximate surface area is 157 Å². The first-order valence-corrected chi connectivity index (χ1v) is 8.78. The van der Waals surface area contributed by atoms with E-state index in [1.807, 2.05) is 60.5 Å². The Kier molecular flexibility index (Phi) is 4.46. The fourth-order valence-electron chi connectivity index (χ4n) is 3.15. The maximum atomic E-state index is 12.9. The lowest BCUT2D eigenvalue weighted by molar-refractivity contribution is -0.114. The highest BCUT2D eigenvalue weighted by Gasteiger charge is 2.27. The third-order valence-corrected chi connectivity index (χ3v) is 4.62. The van der Waals surface area contributed by atoms with E-state index in [1.165, 1.54) is 0 Å². The molecule has 136 valence electrons. The smallest absolute Gasteiger partial charge is 0.252 e. The van der Waals surface area contributed by atoms with Crippen LogP contribution in [0.5, 0.6) is 5.75 Å². The minimum absolute atomic E-state index is 0.125. The Morgan fingerprint density at radius 3 is 2.41 bits per heavy atom. The number of likely N-dealkylation sites (N-methyl/N-ethyl adjacent to an activating group) is 1. The van der Waals surface area contributed by atoms with E-state index in [4.69, 9.17) is 14.7 Å². The normalized spacial score (nSPS) is 13.9. The summed E-state index contributed by atoms with van der Waals surface area (Å²) in [6.07, 6.45) is 3.33. The second kappa shape index (κ2) is 7.07. The van der Waals surface area contributed by atoms with E-state index in [0.717, 1.165) is 28.2 Å². The summed E-state index contributed by atoms with van der Waals surface area (Å²) in [5, 5.41) is 0. The van der Waals surface area contributed by atoms with Crippen LogP contribution in [0.2, 0.25) is 0 Å². The molecular weight excluding hydrogens is 340 g/mol. The van der Waals surface area contributed by atoms with Crippen LogP contribution < -0.4 is 14.5 Å². The number of amides is 1. The van der Waals surface area contributed by atoms with Gasteiger partial charge < -0.3 is 9.64 Å². The molecule has 3 aromatic rings. The van der Waals surface area contributed by atoms with Crippen LogP contribution in [0.15, 0.2) is 54.6 Å². The van der Waals surface area contributed by atoms with Crippen molar-refractivity contribution in [2.45, 2.75) is 0 Å². The highest BCUT2D eigenvalue weighted by molar-refractivity contribution is 6.06. The topological polar surface area (TPSA) is 58.6 Å². The average Bonchev–Trinajstić information content (AvgIpc) is 2.71. The summed E-state index contributed by atoms with van der Waals surface area (Å²) in [6, 6.07) is 15.3. The van der Waals surface area contributed by atoms with E-state index in [-0.39, 0.29) is 5.91 Å². The highest BCUT2D eigenvalue weighted by Crippen LogP contribution is 2.31. The summed E-state index contributed by atoms with van der Waals surface area (Å²) in [5.41, 5.74) is 2.45. The van der Waals surface area contributed by atoms with Gasteiger partial charge in [0.2, 0.25) is 0 Å². The maximum absolute atomic E-state index is 12.9. The number of fused-ring (bicyclic) bond motifs is 2. The summed E-state index contributed by atoms with van der Waals surface area (Å²) >= 11 is 0. The molecular formula is C21H20N4O2. The van der Waals surface area contributed by atoms with Gasteiger partial charge in [-0.3, -0.25) is 9.69 Å². The first-order valence-electron chi connectivity index (χ1n) is 8.78. The number of ether oxygens (including phenoxy) is 1. The fraction of sp³-hybridized carbons (Fsp3) is 0.190. The minimum atomic E-state index is -0.125. The number of carbonyl (C=O) groups is 1. The van der Waals surface area contributed by atoms with Gasteiger partial charge in [-0.15, -0.1) is 0 Å². The zero-order chi connectivity index (χ0) is 18.8. The Morgan fingerprint density at radius 2 is 1.67 bits per heavy atom. The second-order valence-electron chi connectivity index (χ2n) is 6.35. The van der Waals surface area contributed by atoms with E-state index in [9.17, 15) is 4.79 Å². The Hall–Kier alpha value is -3.41. The van der Waals surface area contributed by atoms with Gasteiger partial charge in [0.05, 0.1) is 18.1 Å². The van der Waals surface area contributed by atoms with Gasteiger partial charge in [-0.2, -0.15) is 0 Å². The molecule has 0 saturated heterocycles. The van der Waals surface area contributed by atoms with Gasteiger partial charge in [-0.05, 0) is 24.3 Å². The molecule has 0 N–H and O–H groups in total. The molecule has 0 radical (unpaired) electrons. The molecule has 2 heterocycles. The van der Waals surface area contributed by atoms with E-state index in [2.05, 4.69) is 0 Å². The summed E-state index contributed by atoms with van der Waals surface area (Å²) in [4.78, 5) is 26.0. The van der Waals surface area contributed by atoms with Crippen LogP contribution in [0.4, 0.5) is 11.6 Å². The van der Waals surface area contributed by atoms with Crippen LogP contribution >= 0.6 is 0 Å². The van der Waals surface area contributed by atoms with Crippen molar-refractivity contribution < 1.29 is 9.53 Å². The molecule has 1 aliphatic rings. The monoisotopic (exact) mass is 360 g/mol. The number of para-hydroxylation sites is 3. The average molecular weight is 360 g/mol. The summed E-state index contributed by atoms with van der Waals surface area (Å²) in [5.74, 6) is 1.92. The van der Waals surface area contributed by atoms with Crippen molar-refractivity contribution in [3.05, 3.63) is 60.2 Å². The van der Waals surface area contributed by atoms with E-state index in [0.29, 0.717) is 18.9 Å². The third-order valence-electron chi connectivity index (χ3n) is 4.62. The number of methoxy groups -OCH3 is 1. The quantitative estimate of drug-likeness (QED) is 0.672. The number of aromatic nitrogens is 2. The molecule has 27 heavy (non-hydrogen) atoms. The van der Waals surface area contributed by atoms with Crippen molar-refractivity contribution in [1.82, 2.24) is 9.97 Å². The van der Waals surface area contributed by atoms with Crippen LogP contribution in [0.3, 0.4) is 0 Å². The molecule has 1 aliphatic heterocycles. The van der Waals surface area contributed by atoms with Gasteiger partial charge in [0.25, 0.3) is 5.91 Å². The predicted molar refractivity (Wildman–Crippen MR) is 107 cm³/mol. The number of nitrogens with zero attached hydrogens (tertiary/aromatic N) is 4. The summed E-state index contributed by atoms with van der Waals surface area (Å²) in [7, 11) is 3.58. The molecule has 0 aliphatic carbocycles. The van der Waals surface area contributed by atoms with Crippen molar-refractivity contribution in [2.24, 2.45) is 0 Å². The molecule has 0 spiro atoms. The zero-order valence-corrected chi connectivity index (χ0v) is 15.3. The molecule has 6 heteroatoms. The van der Waals surface area contributed by atoms with E-state index in [1.54, 1.807) is 24.2 Å². The lowest BCUT2D eigenvalue weighted by Gasteiger charge is -2.33. The summed E-state index contributed by atoms with van der Waals surface area (Å²) in [6.45, 7) is 1.26. The molecule has 0 saturated carbocycles. The molecule has 1 amide bonds. The molecule has 0 fully saturated rings. The maximum Gasteiger partial charge on any atom is 0.252 e. The first kappa shape index (κ1) is 17.0. The first-order chi connectivity index (χ1) is 13.2. The van der Waals surface area contributed by atoms with Gasteiger partial charge in [0, 0.05) is 31.8 Å². The number of rotatable bonds is 3. The van der Waals surface area contributed by atoms with Gasteiger partial charge in [-0.25, -0.2) is 9.97 Å². The molecule has 0 atom stereocenters. The molecule has 0 unspecified atom stereocenters. The largest absolute Gasteiger partial charge is 0.496 e. The van der Waals surface area contributed by atoms with Crippen LogP contribution in [0, 0.1) is 0 Å². The second-order valence-corrected chi connectivity index (χ2v) is 6.35. The molecule has 0 bridgehead atoms. The van der Waals surface area contributed by atoms with Gasteiger partial charge >= 0.3 is 0 Å². The third kappa shape index (κ3) is 3.21. The lowest BCUT2D eigenvalue weighted by Crippen LogP contribution is -2.43. The van der Waals surface area contributed by atoms with Crippen LogP contribution in [-0.4, -0.2) is 43.1 Å². The number of carbonyl (C=O) groups excluding carboxylic acids is 1. The predicted octanol–water partition coefficient (Wildman–Crippen LogP) is 3.13. The van der Waals surface area contributed by atoms with Gasteiger partial charge in [0.15, 0.2) is 11.6 Å². The zero-order valence-electron chi connectivity index (χ0n) is 15.3. The standard InChI is InChI=1S/C21H20N4O2/c1-24-13-14-25(19(26)12-11-15-7-3-6-10-18(15)27-2)21-20(24)22-16-8-4-5-9-17(16)23-21/h3-12H,13-14H2,1-2H3/b12-11+. The summed E-state index contributed by atoms with van der Waals surface area (Å²) < 4.78 is 5.34. The molecule has 4 rings (SSSR count). The molecule has 1 aromatic heterocycles. The number of hydrogen-bond donors (Lipinski definition) is 0. The number of anilines is 2. The van der Waals surface area contributed by atoms with Crippen LogP contribution in [0.1, 0.15) is 5.56 Å². The van der Waals surface area contributed by atoms with Crippen LogP contribution in [0.25, 0.3) is 17.1 Å². The lowest BCUT2D eigenvalue weighted by atomic mass is 10.2. The van der Waals surface area contributed by atoms with Crippen molar-refractivity contribution in [1.29, 1.82) is 0 Å². The number of benzene rings is 2. The Bertz CT molecular complexity index is 1030. The van der Waals surface area contributed by atoms with Gasteiger partial charge in [0.1, 0.15) is 5.75 Å².